The first-order valence-electron chi connectivity index (χ1n) is 0. The summed E-state index contributed by atoms with van der Waals surface area (Å²) in [6, 6.07) is 0. The molecule has 4 heavy (non-hydrogen) atoms. The molecule has 0 nitrogen and oxygen atoms in total. The average Bonchev–Trinajstić information content (AvgIpc) is 0. The van der Waals surface area contributed by atoms with Gasteiger partial charge in [-0.15, -0.1) is 0 Å². The Hall–Kier alpha value is 2.75. The molecule has 0 aromatic rings. The maximum atomic E-state index is 0. The fourth-order valence-electron chi connectivity index (χ4n) is 0. The Bertz CT molecular complexity index is 3.25. The van der Waals surface area contributed by atoms with Gasteiger partial charge in [-0.3, -0.25) is 0 Å². The molecule has 0 amide bonds. The van der Waals surface area contributed by atoms with E-state index in [2.05, 4.69) is 0 Å². The van der Waals surface area contributed by atoms with Crippen molar-refractivity contribution in [1.29, 1.82) is 0 Å². The number of rotatable bonds is 0. The van der Waals surface area contributed by atoms with Gasteiger partial charge in [0, 0.05) is 84.5 Å². The van der Waals surface area contributed by atoms with Crippen molar-refractivity contribution >= 4 is 17.4 Å². The fourth-order valence-corrected chi connectivity index (χ4v) is 0. The summed E-state index contributed by atoms with van der Waals surface area (Å²) < 4.78 is 0. The van der Waals surface area contributed by atoms with Gasteiger partial charge in [0.05, 0.1) is 0 Å². The van der Waals surface area contributed by atoms with E-state index in [1.54, 1.807) is 0 Å². The first-order valence-corrected chi connectivity index (χ1v) is 0. The van der Waals surface area contributed by atoms with Crippen LogP contribution in [-0.4, -0.2) is 17.4 Å². The molecule has 0 rings (SSSR count). The van der Waals surface area contributed by atoms with Crippen LogP contribution in [0.3, 0.4) is 0 Å². The van der Waals surface area contributed by atoms with Crippen LogP contribution in [0.2, 0.25) is 0 Å². The SMILES string of the molecule is [Al].[Nb].[Nb].[Nb]. The first-order chi connectivity index (χ1) is 0. The maximum absolute atomic E-state index is 0. The van der Waals surface area contributed by atoms with E-state index >= 15 is 0 Å². The fraction of sp³-hybridized carbons (Fsp3) is 0. The Balaban J connectivity index is 0. The predicted molar refractivity (Wildman–Crippen MR) is 5.75 cm³/mol. The van der Waals surface area contributed by atoms with Gasteiger partial charge in [0.15, 0.2) is 0 Å². The molecule has 0 heterocycles. The third-order valence-corrected chi connectivity index (χ3v) is 0. The second-order valence-electron chi connectivity index (χ2n) is 0. The van der Waals surface area contributed by atoms with Gasteiger partial charge in [0.25, 0.3) is 0 Å². The summed E-state index contributed by atoms with van der Waals surface area (Å²) in [4.78, 5) is 0. The largest absolute Gasteiger partial charge is 0 e. The molecule has 0 aromatic heterocycles. The van der Waals surface area contributed by atoms with Crippen molar-refractivity contribution in [2.24, 2.45) is 0 Å². The third kappa shape index (κ3) is 8.83. The normalized spacial score (nSPS) is 0. The molecular formula is AlNb3. The molecule has 0 unspecified atom stereocenters. The molecule has 0 spiro atoms. The van der Waals surface area contributed by atoms with E-state index in [9.17, 15) is 0 Å². The van der Waals surface area contributed by atoms with Gasteiger partial charge in [-0.25, -0.2) is 0 Å². The Morgan fingerprint density at radius 3 is 0.500 bits per heavy atom. The van der Waals surface area contributed by atoms with Gasteiger partial charge in [-0.1, -0.05) is 0 Å². The van der Waals surface area contributed by atoms with Crippen molar-refractivity contribution in [3.63, 3.8) is 0 Å². The van der Waals surface area contributed by atoms with E-state index in [0.29, 0.717) is 0 Å². The van der Waals surface area contributed by atoms with Crippen LogP contribution in [0, 0.1) is 0 Å². The third-order valence-electron chi connectivity index (χ3n) is 0. The summed E-state index contributed by atoms with van der Waals surface area (Å²) in [5.41, 5.74) is 0. The van der Waals surface area contributed by atoms with Crippen molar-refractivity contribution in [1.82, 2.24) is 0 Å². The molecule has 6 radical (unpaired) electrons. The maximum Gasteiger partial charge on any atom is 0 e. The van der Waals surface area contributed by atoms with Crippen LogP contribution >= 0.6 is 0 Å². The molecule has 0 aliphatic carbocycles. The van der Waals surface area contributed by atoms with E-state index in [-0.39, 0.29) is 84.5 Å². The van der Waals surface area contributed by atoms with Crippen LogP contribution in [0.5, 0.6) is 0 Å². The Morgan fingerprint density at radius 1 is 0.500 bits per heavy atom. The molecule has 0 N–H and O–H groups in total. The summed E-state index contributed by atoms with van der Waals surface area (Å²) in [5.74, 6) is 0. The molecule has 18 valence electrons. The van der Waals surface area contributed by atoms with Gasteiger partial charge in [-0.05, 0) is 0 Å². The van der Waals surface area contributed by atoms with Crippen LogP contribution in [0.15, 0.2) is 0 Å². The van der Waals surface area contributed by atoms with Crippen LogP contribution in [0.4, 0.5) is 0 Å². The zero-order valence-electron chi connectivity index (χ0n) is 1.92. The molecule has 0 aromatic carbocycles. The smallest absolute Gasteiger partial charge is 0 e. The summed E-state index contributed by atoms with van der Waals surface area (Å²) in [6.45, 7) is 0. The Kier molecular flexibility index (Phi) is 126. The summed E-state index contributed by atoms with van der Waals surface area (Å²) >= 11 is 0. The van der Waals surface area contributed by atoms with E-state index in [1.807, 2.05) is 0 Å². The number of hydrogen-bond acceptors (Lipinski definition) is 0. The molecule has 0 saturated heterocycles. The van der Waals surface area contributed by atoms with Gasteiger partial charge >= 0.3 is 0 Å². The average molecular weight is 306 g/mol. The zero-order chi connectivity index (χ0) is 0. The van der Waals surface area contributed by atoms with Crippen LogP contribution in [0.1, 0.15) is 0 Å². The number of hydrogen-bond donors (Lipinski definition) is 0. The van der Waals surface area contributed by atoms with Crippen LogP contribution < -0.4 is 0 Å². The van der Waals surface area contributed by atoms with Crippen molar-refractivity contribution in [2.75, 3.05) is 0 Å². The first kappa shape index (κ1) is 29.5. The van der Waals surface area contributed by atoms with E-state index in [0.717, 1.165) is 0 Å². The minimum Gasteiger partial charge on any atom is 0 e. The monoisotopic (exact) mass is 306 g/mol. The summed E-state index contributed by atoms with van der Waals surface area (Å²) in [5, 5.41) is 0. The van der Waals surface area contributed by atoms with Gasteiger partial charge in [0.2, 0.25) is 0 Å². The summed E-state index contributed by atoms with van der Waals surface area (Å²) in [7, 11) is 0. The van der Waals surface area contributed by atoms with Crippen LogP contribution in [-0.2, 0) is 67.1 Å². The van der Waals surface area contributed by atoms with Gasteiger partial charge in [-0.2, -0.15) is 0 Å². The van der Waals surface area contributed by atoms with Crippen molar-refractivity contribution in [2.45, 2.75) is 0 Å². The van der Waals surface area contributed by atoms with E-state index in [1.165, 1.54) is 0 Å². The van der Waals surface area contributed by atoms with E-state index in [4.69, 9.17) is 0 Å². The van der Waals surface area contributed by atoms with E-state index < -0.39 is 0 Å². The van der Waals surface area contributed by atoms with Crippen molar-refractivity contribution in [3.8, 4) is 0 Å². The molecule has 0 aliphatic heterocycles. The van der Waals surface area contributed by atoms with Crippen molar-refractivity contribution in [3.05, 3.63) is 0 Å². The van der Waals surface area contributed by atoms with Gasteiger partial charge < -0.3 is 0 Å². The minimum absolute atomic E-state index is 0. The van der Waals surface area contributed by atoms with Gasteiger partial charge in [0.1, 0.15) is 0 Å². The molecule has 0 saturated carbocycles. The Labute approximate surface area is 83.1 Å². The minimum atomic E-state index is 0. The second kappa shape index (κ2) is 17.1. The van der Waals surface area contributed by atoms with Crippen LogP contribution in [0.25, 0.3) is 0 Å². The second-order valence-corrected chi connectivity index (χ2v) is 0. The molecular weight excluding hydrogens is 306 g/mol. The molecule has 4 heteroatoms. The quantitative estimate of drug-likeness (QED) is 0.535. The molecule has 0 fully saturated rings. The predicted octanol–water partition coefficient (Wildman–Crippen LogP) is -0.388. The molecule has 0 aliphatic rings. The van der Waals surface area contributed by atoms with Crippen molar-refractivity contribution < 1.29 is 67.1 Å². The topological polar surface area (TPSA) is 0 Å². The standard InChI is InChI=1S/Al.3Nb. The molecule has 0 bridgehead atoms. The summed E-state index contributed by atoms with van der Waals surface area (Å²) in [6.07, 6.45) is 0. The zero-order valence-corrected chi connectivity index (χ0v) is 9.67. The molecule has 0 atom stereocenters. The Morgan fingerprint density at radius 2 is 0.500 bits per heavy atom.